The second-order valence-electron chi connectivity index (χ2n) is 4.01. The number of nitro groups is 1. The van der Waals surface area contributed by atoms with Gasteiger partial charge in [-0.25, -0.2) is 0 Å². The van der Waals surface area contributed by atoms with Crippen LogP contribution in [-0.4, -0.2) is 37.3 Å². The van der Waals surface area contributed by atoms with Gasteiger partial charge in [-0.05, 0) is 6.92 Å². The van der Waals surface area contributed by atoms with E-state index in [4.69, 9.17) is 9.47 Å². The summed E-state index contributed by atoms with van der Waals surface area (Å²) in [6.07, 6.45) is -4.63. The summed E-state index contributed by atoms with van der Waals surface area (Å²) in [7, 11) is 1.24. The van der Waals surface area contributed by atoms with Gasteiger partial charge in [0, 0.05) is 6.07 Å². The first kappa shape index (κ1) is 17.5. The Kier molecular flexibility index (Phi) is 5.55. The fourth-order valence-electron chi connectivity index (χ4n) is 1.59. The number of nitrogens with zero attached hydrogens (tertiary/aromatic N) is 1. The molecule has 122 valence electrons. The van der Waals surface area contributed by atoms with E-state index in [1.165, 1.54) is 7.11 Å². The third-order valence-electron chi connectivity index (χ3n) is 2.47. The number of benzene rings is 1. The molecule has 0 unspecified atom stereocenters. The van der Waals surface area contributed by atoms with Crippen LogP contribution in [-0.2, 0) is 0 Å². The summed E-state index contributed by atoms with van der Waals surface area (Å²) in [6, 6.07) is 1.90. The van der Waals surface area contributed by atoms with E-state index in [0.29, 0.717) is 0 Å². The molecule has 0 saturated carbocycles. The molecule has 0 aromatic heterocycles. The van der Waals surface area contributed by atoms with Crippen molar-refractivity contribution in [3.8, 4) is 11.5 Å². The summed E-state index contributed by atoms with van der Waals surface area (Å²) in [4.78, 5) is 21.8. The van der Waals surface area contributed by atoms with Gasteiger partial charge in [-0.2, -0.15) is 13.2 Å². The average Bonchev–Trinajstić information content (AvgIpc) is 2.43. The monoisotopic (exact) mass is 322 g/mol. The van der Waals surface area contributed by atoms with Crippen LogP contribution in [0.15, 0.2) is 12.1 Å². The predicted octanol–water partition coefficient (Wildman–Crippen LogP) is 2.29. The first-order valence-electron chi connectivity index (χ1n) is 6.03. The van der Waals surface area contributed by atoms with Crippen molar-refractivity contribution in [2.24, 2.45) is 0 Å². The molecule has 22 heavy (non-hydrogen) atoms. The van der Waals surface area contributed by atoms with E-state index in [2.05, 4.69) is 0 Å². The zero-order valence-electron chi connectivity index (χ0n) is 11.7. The Hall–Kier alpha value is -2.52. The van der Waals surface area contributed by atoms with Crippen LogP contribution in [0.2, 0.25) is 0 Å². The van der Waals surface area contributed by atoms with E-state index >= 15 is 0 Å². The number of nitro benzene ring substituents is 1. The Bertz CT molecular complexity index is 575. The first-order chi connectivity index (χ1) is 10.2. The number of halogens is 3. The molecule has 0 heterocycles. The molecule has 0 spiro atoms. The van der Waals surface area contributed by atoms with E-state index < -0.39 is 34.8 Å². The Morgan fingerprint density at radius 3 is 2.45 bits per heavy atom. The summed E-state index contributed by atoms with van der Waals surface area (Å²) in [5.41, 5.74) is -1.22. The second kappa shape index (κ2) is 6.96. The second-order valence-corrected chi connectivity index (χ2v) is 4.01. The minimum atomic E-state index is -4.63. The van der Waals surface area contributed by atoms with E-state index in [9.17, 15) is 28.1 Å². The molecule has 0 fully saturated rings. The zero-order valence-corrected chi connectivity index (χ0v) is 11.7. The maximum Gasteiger partial charge on any atom is 0.405 e. The van der Waals surface area contributed by atoms with Crippen molar-refractivity contribution in [2.45, 2.75) is 13.1 Å². The molecule has 0 radical (unpaired) electrons. The highest BCUT2D eigenvalue weighted by atomic mass is 19.4. The van der Waals surface area contributed by atoms with Gasteiger partial charge in [0.25, 0.3) is 11.6 Å². The van der Waals surface area contributed by atoms with Gasteiger partial charge in [-0.3, -0.25) is 14.9 Å². The molecule has 0 aliphatic heterocycles. The van der Waals surface area contributed by atoms with Gasteiger partial charge in [0.15, 0.2) is 11.5 Å². The zero-order chi connectivity index (χ0) is 16.9. The topological polar surface area (TPSA) is 90.7 Å². The average molecular weight is 322 g/mol. The van der Waals surface area contributed by atoms with E-state index in [1.807, 2.05) is 0 Å². The fourth-order valence-corrected chi connectivity index (χ4v) is 1.59. The van der Waals surface area contributed by atoms with Crippen molar-refractivity contribution >= 4 is 11.6 Å². The van der Waals surface area contributed by atoms with Crippen LogP contribution in [0.5, 0.6) is 11.5 Å². The molecular weight excluding hydrogens is 309 g/mol. The highest BCUT2D eigenvalue weighted by Gasteiger charge is 2.30. The number of nitrogens with one attached hydrogen (secondary N) is 1. The van der Waals surface area contributed by atoms with Crippen molar-refractivity contribution in [1.82, 2.24) is 5.32 Å². The van der Waals surface area contributed by atoms with E-state index in [0.717, 1.165) is 12.1 Å². The SMILES string of the molecule is CCOc1cc([N+](=O)[O-])c(C(=O)NCC(F)(F)F)cc1OC. The maximum absolute atomic E-state index is 12.1. The largest absolute Gasteiger partial charge is 0.493 e. The van der Waals surface area contributed by atoms with Gasteiger partial charge in [-0.1, -0.05) is 0 Å². The number of methoxy groups -OCH3 is 1. The molecular formula is C12H13F3N2O5. The number of ether oxygens (including phenoxy) is 2. The molecule has 7 nitrogen and oxygen atoms in total. The number of rotatable bonds is 6. The Morgan fingerprint density at radius 1 is 1.36 bits per heavy atom. The molecule has 0 atom stereocenters. The highest BCUT2D eigenvalue weighted by Crippen LogP contribution is 2.34. The number of carbonyl (C=O) groups is 1. The minimum absolute atomic E-state index is 0.00427. The predicted molar refractivity (Wildman–Crippen MR) is 69.2 cm³/mol. The van der Waals surface area contributed by atoms with Gasteiger partial charge in [0.05, 0.1) is 24.7 Å². The highest BCUT2D eigenvalue weighted by molar-refractivity contribution is 5.99. The van der Waals surface area contributed by atoms with Crippen LogP contribution in [0.4, 0.5) is 18.9 Å². The molecule has 1 aromatic rings. The van der Waals surface area contributed by atoms with E-state index in [1.54, 1.807) is 12.2 Å². The van der Waals surface area contributed by atoms with Gasteiger partial charge < -0.3 is 14.8 Å². The molecule has 0 aliphatic rings. The molecule has 1 aromatic carbocycles. The van der Waals surface area contributed by atoms with Crippen molar-refractivity contribution in [2.75, 3.05) is 20.3 Å². The number of carbonyl (C=O) groups excluding carboxylic acids is 1. The number of hydrogen-bond donors (Lipinski definition) is 1. The lowest BCUT2D eigenvalue weighted by atomic mass is 10.1. The smallest absolute Gasteiger partial charge is 0.405 e. The maximum atomic E-state index is 12.1. The lowest BCUT2D eigenvalue weighted by Gasteiger charge is -2.12. The van der Waals surface area contributed by atoms with Crippen molar-refractivity contribution in [3.63, 3.8) is 0 Å². The lowest BCUT2D eigenvalue weighted by molar-refractivity contribution is -0.385. The number of hydrogen-bond acceptors (Lipinski definition) is 5. The van der Waals surface area contributed by atoms with Crippen LogP contribution < -0.4 is 14.8 Å². The minimum Gasteiger partial charge on any atom is -0.493 e. The number of alkyl halides is 3. The van der Waals surface area contributed by atoms with Crippen molar-refractivity contribution in [3.05, 3.63) is 27.8 Å². The molecule has 1 rings (SSSR count). The molecule has 1 amide bonds. The van der Waals surface area contributed by atoms with Gasteiger partial charge in [0.1, 0.15) is 12.1 Å². The third kappa shape index (κ3) is 4.50. The molecule has 10 heteroatoms. The quantitative estimate of drug-likeness (QED) is 0.641. The summed E-state index contributed by atoms with van der Waals surface area (Å²) in [6.45, 7) is 0.223. The van der Waals surface area contributed by atoms with Crippen LogP contribution >= 0.6 is 0 Å². The first-order valence-corrected chi connectivity index (χ1v) is 6.03. The normalized spacial score (nSPS) is 11.0. The summed E-state index contributed by atoms with van der Waals surface area (Å²) >= 11 is 0. The van der Waals surface area contributed by atoms with Crippen LogP contribution in [0.25, 0.3) is 0 Å². The number of amides is 1. The van der Waals surface area contributed by atoms with Crippen LogP contribution in [0, 0.1) is 10.1 Å². The molecule has 1 N–H and O–H groups in total. The summed E-state index contributed by atoms with van der Waals surface area (Å²) < 4.78 is 46.4. The Morgan fingerprint density at radius 2 is 2.00 bits per heavy atom. The standard InChI is InChI=1S/C12H13F3N2O5/c1-3-22-10-5-8(17(19)20)7(4-9(10)21-2)11(18)16-6-12(13,14)15/h4-5H,3,6H2,1-2H3,(H,16,18). The third-order valence-corrected chi connectivity index (χ3v) is 2.47. The summed E-state index contributed by atoms with van der Waals surface area (Å²) in [5, 5.41) is 12.6. The molecule has 0 bridgehead atoms. The summed E-state index contributed by atoms with van der Waals surface area (Å²) in [5.74, 6) is -1.21. The fraction of sp³-hybridized carbons (Fsp3) is 0.417. The Labute approximate surface area is 123 Å². The molecule has 0 saturated heterocycles. The van der Waals surface area contributed by atoms with Crippen LogP contribution in [0.3, 0.4) is 0 Å². The van der Waals surface area contributed by atoms with Gasteiger partial charge in [0.2, 0.25) is 0 Å². The molecule has 0 aliphatic carbocycles. The Balaban J connectivity index is 3.21. The van der Waals surface area contributed by atoms with Crippen LogP contribution in [0.1, 0.15) is 17.3 Å². The van der Waals surface area contributed by atoms with Gasteiger partial charge in [-0.15, -0.1) is 0 Å². The van der Waals surface area contributed by atoms with Crippen molar-refractivity contribution < 1.29 is 32.4 Å². The lowest BCUT2D eigenvalue weighted by Crippen LogP contribution is -2.34. The van der Waals surface area contributed by atoms with Gasteiger partial charge >= 0.3 is 6.18 Å². The van der Waals surface area contributed by atoms with Crippen molar-refractivity contribution in [1.29, 1.82) is 0 Å². The van der Waals surface area contributed by atoms with E-state index in [-0.39, 0.29) is 18.1 Å².